The van der Waals surface area contributed by atoms with Gasteiger partial charge in [-0.15, -0.1) is 11.3 Å². The highest BCUT2D eigenvalue weighted by atomic mass is 32.1. The highest BCUT2D eigenvalue weighted by molar-refractivity contribution is 7.14. The van der Waals surface area contributed by atoms with Gasteiger partial charge in [0, 0.05) is 36.8 Å². The summed E-state index contributed by atoms with van der Waals surface area (Å²) in [5.74, 6) is 0.184. The first-order valence-corrected chi connectivity index (χ1v) is 8.72. The molecule has 0 saturated carbocycles. The number of amides is 1. The quantitative estimate of drug-likeness (QED) is 0.781. The second-order valence-corrected chi connectivity index (χ2v) is 6.82. The summed E-state index contributed by atoms with van der Waals surface area (Å²) in [6.07, 6.45) is 4.29. The molecule has 0 aliphatic carbocycles. The maximum atomic E-state index is 13.2. The van der Waals surface area contributed by atoms with E-state index in [0.29, 0.717) is 17.4 Å². The number of hydrogen-bond acceptors (Lipinski definition) is 5. The lowest BCUT2D eigenvalue weighted by Gasteiger charge is -2.15. The largest absolute Gasteiger partial charge is 0.347 e. The van der Waals surface area contributed by atoms with E-state index in [9.17, 15) is 9.18 Å². The van der Waals surface area contributed by atoms with Gasteiger partial charge in [0.1, 0.15) is 5.82 Å². The molecular weight excluding hydrogens is 339 g/mol. The summed E-state index contributed by atoms with van der Waals surface area (Å²) < 4.78 is 13.2. The van der Waals surface area contributed by atoms with Crippen molar-refractivity contribution in [3.05, 3.63) is 69.9 Å². The molecule has 25 heavy (non-hydrogen) atoms. The lowest BCUT2D eigenvalue weighted by atomic mass is 10.2. The number of anilines is 2. The van der Waals surface area contributed by atoms with Crippen LogP contribution in [0.3, 0.4) is 0 Å². The van der Waals surface area contributed by atoms with Gasteiger partial charge < -0.3 is 10.2 Å². The van der Waals surface area contributed by atoms with E-state index in [0.717, 1.165) is 29.1 Å². The van der Waals surface area contributed by atoms with Gasteiger partial charge in [0.2, 0.25) is 5.95 Å². The molecule has 0 spiro atoms. The van der Waals surface area contributed by atoms with Gasteiger partial charge in [0.05, 0.1) is 10.6 Å². The molecule has 126 valence electrons. The number of hydrogen-bond donors (Lipinski definition) is 1. The number of fused-ring (bicyclic) bond motifs is 1. The molecule has 0 bridgehead atoms. The Kier molecular flexibility index (Phi) is 4.15. The van der Waals surface area contributed by atoms with Gasteiger partial charge in [-0.3, -0.25) is 4.79 Å². The zero-order chi connectivity index (χ0) is 17.2. The highest BCUT2D eigenvalue weighted by Crippen LogP contribution is 2.38. The minimum Gasteiger partial charge on any atom is -0.347 e. The van der Waals surface area contributed by atoms with Crippen molar-refractivity contribution < 1.29 is 9.18 Å². The number of carbonyl (C=O) groups is 1. The highest BCUT2D eigenvalue weighted by Gasteiger charge is 2.26. The molecule has 2 aromatic heterocycles. The van der Waals surface area contributed by atoms with E-state index in [1.807, 2.05) is 11.0 Å². The summed E-state index contributed by atoms with van der Waals surface area (Å²) in [7, 11) is 0. The van der Waals surface area contributed by atoms with Crippen molar-refractivity contribution in [3.8, 4) is 0 Å². The first-order valence-electron chi connectivity index (χ1n) is 7.90. The van der Waals surface area contributed by atoms with E-state index in [1.54, 1.807) is 30.6 Å². The summed E-state index contributed by atoms with van der Waals surface area (Å²) in [6.45, 7) is 1.11. The summed E-state index contributed by atoms with van der Waals surface area (Å²) in [6, 6.07) is 9.88. The molecule has 0 radical (unpaired) electrons. The van der Waals surface area contributed by atoms with E-state index < -0.39 is 0 Å². The molecule has 4 rings (SSSR count). The van der Waals surface area contributed by atoms with Crippen LogP contribution in [0.5, 0.6) is 0 Å². The summed E-state index contributed by atoms with van der Waals surface area (Å²) in [4.78, 5) is 24.8. The predicted octanol–water partition coefficient (Wildman–Crippen LogP) is 3.30. The van der Waals surface area contributed by atoms with Crippen molar-refractivity contribution in [3.63, 3.8) is 0 Å². The smallest absolute Gasteiger partial charge is 0.261 e. The maximum absolute atomic E-state index is 13.2. The molecule has 3 heterocycles. The molecule has 1 aliphatic heterocycles. The van der Waals surface area contributed by atoms with Crippen molar-refractivity contribution in [2.75, 3.05) is 11.4 Å². The minimum atomic E-state index is -0.305. The Bertz CT molecular complexity index is 912. The number of nitrogens with one attached hydrogen (secondary N) is 1. The maximum Gasteiger partial charge on any atom is 0.261 e. The van der Waals surface area contributed by atoms with Crippen LogP contribution in [0, 0.1) is 5.82 Å². The fourth-order valence-corrected chi connectivity index (χ4v) is 3.90. The molecule has 7 heteroatoms. The van der Waals surface area contributed by atoms with Crippen LogP contribution in [-0.4, -0.2) is 22.4 Å². The molecule has 1 aliphatic rings. The van der Waals surface area contributed by atoms with Crippen molar-refractivity contribution in [1.82, 2.24) is 15.3 Å². The van der Waals surface area contributed by atoms with Crippen LogP contribution in [0.1, 0.15) is 20.1 Å². The van der Waals surface area contributed by atoms with E-state index in [1.165, 1.54) is 23.5 Å². The molecular formula is C18H15FN4OS. The Morgan fingerprint density at radius 1 is 1.24 bits per heavy atom. The molecule has 0 unspecified atom stereocenters. The molecule has 1 N–H and O–H groups in total. The standard InChI is InChI=1S/C18H15FN4OS/c19-13-4-1-3-12(9-13)11-22-17(24)16-10-14-15(25-16)5-8-23(14)18-20-6-2-7-21-18/h1-4,6-7,9-10H,5,8,11H2,(H,22,24). The van der Waals surface area contributed by atoms with E-state index in [4.69, 9.17) is 0 Å². The predicted molar refractivity (Wildman–Crippen MR) is 94.6 cm³/mol. The number of thiophene rings is 1. The number of carbonyl (C=O) groups excluding carboxylic acids is 1. The second-order valence-electron chi connectivity index (χ2n) is 5.68. The Hall–Kier alpha value is -2.80. The number of benzene rings is 1. The third kappa shape index (κ3) is 3.23. The van der Waals surface area contributed by atoms with Crippen molar-refractivity contribution in [2.45, 2.75) is 13.0 Å². The molecule has 0 atom stereocenters. The van der Waals surface area contributed by atoms with Crippen molar-refractivity contribution in [1.29, 1.82) is 0 Å². The van der Waals surface area contributed by atoms with Crippen molar-refractivity contribution >= 4 is 28.9 Å². The number of halogens is 1. The molecule has 1 amide bonds. The zero-order valence-corrected chi connectivity index (χ0v) is 14.1. The molecule has 0 saturated heterocycles. The fraction of sp³-hybridized carbons (Fsp3) is 0.167. The van der Waals surface area contributed by atoms with Gasteiger partial charge in [0.25, 0.3) is 5.91 Å². The van der Waals surface area contributed by atoms with Crippen LogP contribution < -0.4 is 10.2 Å². The van der Waals surface area contributed by atoms with E-state index in [2.05, 4.69) is 15.3 Å². The summed E-state index contributed by atoms with van der Waals surface area (Å²) >= 11 is 1.48. The van der Waals surface area contributed by atoms with Crippen LogP contribution in [0.2, 0.25) is 0 Å². The minimum absolute atomic E-state index is 0.155. The molecule has 1 aromatic carbocycles. The molecule has 3 aromatic rings. The number of rotatable bonds is 4. The van der Waals surface area contributed by atoms with Gasteiger partial charge in [-0.25, -0.2) is 14.4 Å². The van der Waals surface area contributed by atoms with E-state index in [-0.39, 0.29) is 11.7 Å². The van der Waals surface area contributed by atoms with Gasteiger partial charge in [-0.1, -0.05) is 12.1 Å². The lowest BCUT2D eigenvalue weighted by Crippen LogP contribution is -2.22. The SMILES string of the molecule is O=C(NCc1cccc(F)c1)c1cc2c(s1)CCN2c1ncccn1. The Labute approximate surface area is 148 Å². The van der Waals surface area contributed by atoms with Gasteiger partial charge in [0.15, 0.2) is 0 Å². The van der Waals surface area contributed by atoms with Crippen molar-refractivity contribution in [2.24, 2.45) is 0 Å². The van der Waals surface area contributed by atoms with Gasteiger partial charge >= 0.3 is 0 Å². The third-order valence-electron chi connectivity index (χ3n) is 4.00. The van der Waals surface area contributed by atoms with Crippen LogP contribution in [-0.2, 0) is 13.0 Å². The van der Waals surface area contributed by atoms with E-state index >= 15 is 0 Å². The van der Waals surface area contributed by atoms with Crippen LogP contribution >= 0.6 is 11.3 Å². The second kappa shape index (κ2) is 6.60. The van der Waals surface area contributed by atoms with Gasteiger partial charge in [-0.2, -0.15) is 0 Å². The normalized spacial score (nSPS) is 12.9. The average Bonchev–Trinajstić information content (AvgIpc) is 3.21. The fourth-order valence-electron chi connectivity index (χ4n) is 2.83. The first-order chi connectivity index (χ1) is 12.2. The third-order valence-corrected chi connectivity index (χ3v) is 5.18. The monoisotopic (exact) mass is 354 g/mol. The molecule has 5 nitrogen and oxygen atoms in total. The topological polar surface area (TPSA) is 58.1 Å². The average molecular weight is 354 g/mol. The summed E-state index contributed by atoms with van der Waals surface area (Å²) in [5.41, 5.74) is 1.73. The summed E-state index contributed by atoms with van der Waals surface area (Å²) in [5, 5.41) is 2.84. The zero-order valence-electron chi connectivity index (χ0n) is 13.3. The van der Waals surface area contributed by atoms with Crippen LogP contribution in [0.25, 0.3) is 0 Å². The number of nitrogens with zero attached hydrogens (tertiary/aromatic N) is 3. The Morgan fingerprint density at radius 2 is 2.08 bits per heavy atom. The number of aromatic nitrogens is 2. The Balaban J connectivity index is 1.48. The lowest BCUT2D eigenvalue weighted by molar-refractivity contribution is 0.0955. The molecule has 0 fully saturated rings. The van der Waals surface area contributed by atoms with Crippen LogP contribution in [0.4, 0.5) is 16.0 Å². The van der Waals surface area contributed by atoms with Gasteiger partial charge in [-0.05, 0) is 29.8 Å². The van der Waals surface area contributed by atoms with Crippen LogP contribution in [0.15, 0.2) is 48.8 Å². The first kappa shape index (κ1) is 15.7. The Morgan fingerprint density at radius 3 is 2.88 bits per heavy atom.